The standard InChI is InChI=1S/C16H20N2O2/c1-5-12-6-8-13(9-7-12)15-17-11(4)14(18-15)16(19)20-10(2)3/h6-10H,5H2,1-4H3,(H,17,18). The van der Waals surface area contributed by atoms with Crippen LogP contribution in [-0.4, -0.2) is 22.0 Å². The molecule has 0 saturated carbocycles. The minimum absolute atomic E-state index is 0.147. The van der Waals surface area contributed by atoms with E-state index in [-0.39, 0.29) is 12.1 Å². The summed E-state index contributed by atoms with van der Waals surface area (Å²) in [7, 11) is 0. The molecule has 1 aromatic heterocycles. The minimum atomic E-state index is -0.384. The quantitative estimate of drug-likeness (QED) is 0.866. The molecule has 4 heteroatoms. The Bertz CT molecular complexity index is 597. The largest absolute Gasteiger partial charge is 0.458 e. The third kappa shape index (κ3) is 3.07. The highest BCUT2D eigenvalue weighted by molar-refractivity contribution is 5.89. The molecular weight excluding hydrogens is 252 g/mol. The summed E-state index contributed by atoms with van der Waals surface area (Å²) in [4.78, 5) is 19.4. The average Bonchev–Trinajstić information content (AvgIpc) is 2.80. The minimum Gasteiger partial charge on any atom is -0.458 e. The van der Waals surface area contributed by atoms with Crippen molar-refractivity contribution in [1.29, 1.82) is 0 Å². The van der Waals surface area contributed by atoms with Gasteiger partial charge in [0.2, 0.25) is 0 Å². The Balaban J connectivity index is 2.28. The van der Waals surface area contributed by atoms with Crippen LogP contribution in [0.2, 0.25) is 0 Å². The molecule has 0 bridgehead atoms. The SMILES string of the molecule is CCc1ccc(-c2nc(C(=O)OC(C)C)c(C)[nH]2)cc1. The third-order valence-electron chi connectivity index (χ3n) is 3.06. The first-order chi connectivity index (χ1) is 9.51. The zero-order valence-corrected chi connectivity index (χ0v) is 12.4. The van der Waals surface area contributed by atoms with Crippen LogP contribution >= 0.6 is 0 Å². The molecular formula is C16H20N2O2. The number of carbonyl (C=O) groups is 1. The molecule has 0 amide bonds. The fourth-order valence-corrected chi connectivity index (χ4v) is 1.96. The molecule has 0 atom stereocenters. The molecule has 0 aliphatic rings. The number of ether oxygens (including phenoxy) is 1. The Hall–Kier alpha value is -2.10. The summed E-state index contributed by atoms with van der Waals surface area (Å²) in [6.07, 6.45) is 0.856. The van der Waals surface area contributed by atoms with E-state index in [1.54, 1.807) is 0 Å². The first kappa shape index (κ1) is 14.3. The molecule has 4 nitrogen and oxygen atoms in total. The highest BCUT2D eigenvalue weighted by Gasteiger charge is 2.17. The van der Waals surface area contributed by atoms with Crippen LogP contribution < -0.4 is 0 Å². The predicted molar refractivity (Wildman–Crippen MR) is 78.7 cm³/mol. The van der Waals surface area contributed by atoms with Crippen molar-refractivity contribution >= 4 is 5.97 Å². The number of hydrogen-bond donors (Lipinski definition) is 1. The number of aromatic nitrogens is 2. The number of hydrogen-bond acceptors (Lipinski definition) is 3. The van der Waals surface area contributed by atoms with E-state index in [1.165, 1.54) is 5.56 Å². The van der Waals surface area contributed by atoms with Gasteiger partial charge in [-0.05, 0) is 32.8 Å². The van der Waals surface area contributed by atoms with Gasteiger partial charge in [0.05, 0.1) is 6.10 Å². The van der Waals surface area contributed by atoms with E-state index in [1.807, 2.05) is 32.9 Å². The summed E-state index contributed by atoms with van der Waals surface area (Å²) in [5, 5.41) is 0. The van der Waals surface area contributed by atoms with E-state index in [2.05, 4.69) is 29.0 Å². The van der Waals surface area contributed by atoms with Crippen molar-refractivity contribution in [3.05, 3.63) is 41.2 Å². The Morgan fingerprint density at radius 3 is 2.50 bits per heavy atom. The number of esters is 1. The van der Waals surface area contributed by atoms with Crippen LogP contribution in [0.25, 0.3) is 11.4 Å². The number of aryl methyl sites for hydroxylation is 2. The van der Waals surface area contributed by atoms with Gasteiger partial charge in [0.1, 0.15) is 5.82 Å². The molecule has 2 aromatic rings. The summed E-state index contributed by atoms with van der Waals surface area (Å²) < 4.78 is 5.18. The van der Waals surface area contributed by atoms with E-state index in [4.69, 9.17) is 4.74 Å². The highest BCUT2D eigenvalue weighted by Crippen LogP contribution is 2.19. The first-order valence-corrected chi connectivity index (χ1v) is 6.88. The molecule has 1 aromatic carbocycles. The van der Waals surface area contributed by atoms with Gasteiger partial charge in [-0.25, -0.2) is 9.78 Å². The van der Waals surface area contributed by atoms with Gasteiger partial charge in [0.25, 0.3) is 0 Å². The molecule has 0 spiro atoms. The monoisotopic (exact) mass is 272 g/mol. The molecule has 0 radical (unpaired) electrons. The molecule has 0 unspecified atom stereocenters. The molecule has 0 saturated heterocycles. The molecule has 106 valence electrons. The van der Waals surface area contributed by atoms with E-state index in [9.17, 15) is 4.79 Å². The molecule has 0 fully saturated rings. The Morgan fingerprint density at radius 1 is 1.30 bits per heavy atom. The lowest BCUT2D eigenvalue weighted by Gasteiger charge is -2.05. The van der Waals surface area contributed by atoms with E-state index < -0.39 is 0 Å². The third-order valence-corrected chi connectivity index (χ3v) is 3.06. The van der Waals surface area contributed by atoms with Crippen LogP contribution in [-0.2, 0) is 11.2 Å². The molecule has 0 aliphatic carbocycles. The number of imidazole rings is 1. The highest BCUT2D eigenvalue weighted by atomic mass is 16.5. The van der Waals surface area contributed by atoms with Gasteiger partial charge in [-0.1, -0.05) is 31.2 Å². The fourth-order valence-electron chi connectivity index (χ4n) is 1.96. The van der Waals surface area contributed by atoms with Gasteiger partial charge < -0.3 is 9.72 Å². The van der Waals surface area contributed by atoms with Gasteiger partial charge in [0.15, 0.2) is 5.69 Å². The predicted octanol–water partition coefficient (Wildman–Crippen LogP) is 3.51. The van der Waals surface area contributed by atoms with E-state index >= 15 is 0 Å². The zero-order valence-electron chi connectivity index (χ0n) is 12.4. The van der Waals surface area contributed by atoms with E-state index in [0.29, 0.717) is 11.5 Å². The van der Waals surface area contributed by atoms with Crippen LogP contribution in [0.5, 0.6) is 0 Å². The lowest BCUT2D eigenvalue weighted by atomic mass is 10.1. The van der Waals surface area contributed by atoms with Crippen molar-refractivity contribution in [2.24, 2.45) is 0 Å². The van der Waals surface area contributed by atoms with Gasteiger partial charge in [-0.2, -0.15) is 0 Å². The van der Waals surface area contributed by atoms with Crippen molar-refractivity contribution in [2.45, 2.75) is 40.2 Å². The van der Waals surface area contributed by atoms with Crippen LogP contribution in [0, 0.1) is 6.92 Å². The second kappa shape index (κ2) is 5.90. The average molecular weight is 272 g/mol. The molecule has 1 heterocycles. The summed E-state index contributed by atoms with van der Waals surface area (Å²) in [6, 6.07) is 8.15. The normalized spacial score (nSPS) is 10.8. The zero-order chi connectivity index (χ0) is 14.7. The number of aromatic amines is 1. The summed E-state index contributed by atoms with van der Waals surface area (Å²) >= 11 is 0. The lowest BCUT2D eigenvalue weighted by Crippen LogP contribution is -2.13. The molecule has 20 heavy (non-hydrogen) atoms. The van der Waals surface area contributed by atoms with Crippen molar-refractivity contribution in [1.82, 2.24) is 9.97 Å². The van der Waals surface area contributed by atoms with Gasteiger partial charge >= 0.3 is 5.97 Å². The number of carbonyl (C=O) groups excluding carboxylic acids is 1. The smallest absolute Gasteiger partial charge is 0.359 e. The number of H-pyrrole nitrogens is 1. The Labute approximate surface area is 119 Å². The maximum atomic E-state index is 11.9. The summed E-state index contributed by atoms with van der Waals surface area (Å²) in [6.45, 7) is 7.59. The van der Waals surface area contributed by atoms with Crippen LogP contribution in [0.1, 0.15) is 42.5 Å². The number of benzene rings is 1. The Kier molecular flexibility index (Phi) is 4.23. The lowest BCUT2D eigenvalue weighted by molar-refractivity contribution is 0.0370. The van der Waals surface area contributed by atoms with Gasteiger partial charge in [-0.15, -0.1) is 0 Å². The molecule has 2 rings (SSSR count). The topological polar surface area (TPSA) is 55.0 Å². The first-order valence-electron chi connectivity index (χ1n) is 6.88. The van der Waals surface area contributed by atoms with Crippen molar-refractivity contribution < 1.29 is 9.53 Å². The summed E-state index contributed by atoms with van der Waals surface area (Å²) in [5.74, 6) is 0.311. The molecule has 0 aliphatic heterocycles. The van der Waals surface area contributed by atoms with Crippen LogP contribution in [0.15, 0.2) is 24.3 Å². The maximum Gasteiger partial charge on any atom is 0.359 e. The number of nitrogens with zero attached hydrogens (tertiary/aromatic N) is 1. The van der Waals surface area contributed by atoms with E-state index in [0.717, 1.165) is 17.7 Å². The van der Waals surface area contributed by atoms with Gasteiger partial charge in [0, 0.05) is 11.3 Å². The maximum absolute atomic E-state index is 11.9. The van der Waals surface area contributed by atoms with Crippen molar-refractivity contribution in [3.63, 3.8) is 0 Å². The second-order valence-electron chi connectivity index (χ2n) is 5.06. The van der Waals surface area contributed by atoms with Crippen molar-refractivity contribution in [3.8, 4) is 11.4 Å². The van der Waals surface area contributed by atoms with Crippen LogP contribution in [0.3, 0.4) is 0 Å². The van der Waals surface area contributed by atoms with Crippen molar-refractivity contribution in [2.75, 3.05) is 0 Å². The Morgan fingerprint density at radius 2 is 1.95 bits per heavy atom. The summed E-state index contributed by atoms with van der Waals surface area (Å²) in [5.41, 5.74) is 3.32. The van der Waals surface area contributed by atoms with Crippen LogP contribution in [0.4, 0.5) is 0 Å². The van der Waals surface area contributed by atoms with Gasteiger partial charge in [-0.3, -0.25) is 0 Å². The second-order valence-corrected chi connectivity index (χ2v) is 5.06. The molecule has 1 N–H and O–H groups in total. The number of nitrogens with one attached hydrogen (secondary N) is 1. The fraction of sp³-hybridized carbons (Fsp3) is 0.375. The number of rotatable bonds is 4.